The number of rotatable bonds is 6. The van der Waals surface area contributed by atoms with Crippen molar-refractivity contribution in [2.24, 2.45) is 5.92 Å². The Hall–Kier alpha value is 0.270. The first-order chi connectivity index (χ1) is 8.40. The highest BCUT2D eigenvalue weighted by atomic mass is 32.2. The van der Waals surface area contributed by atoms with Crippen LogP contribution in [0, 0.1) is 5.92 Å². The molecule has 0 bridgehead atoms. The molecule has 1 atom stereocenters. The maximum Gasteiger partial charge on any atom is 0.0476 e. The summed E-state index contributed by atoms with van der Waals surface area (Å²) >= 11 is 2.19. The summed E-state index contributed by atoms with van der Waals surface area (Å²) < 4.78 is 5.42. The number of nitrogens with one attached hydrogen (secondary N) is 1. The van der Waals surface area contributed by atoms with E-state index in [0.29, 0.717) is 0 Å². The second-order valence-corrected chi connectivity index (χ2v) is 6.69. The molecule has 1 saturated carbocycles. The fraction of sp³-hybridized carbons (Fsp3) is 1.00. The second-order valence-electron chi connectivity index (χ2n) is 5.35. The Labute approximate surface area is 110 Å². The number of hydrogen-bond donors (Lipinski definition) is 1. The van der Waals surface area contributed by atoms with Crippen LogP contribution in [0.25, 0.3) is 0 Å². The third-order valence-corrected chi connectivity index (χ3v) is 5.61. The molecule has 0 spiro atoms. The van der Waals surface area contributed by atoms with E-state index in [1.54, 1.807) is 0 Å². The molecule has 2 fully saturated rings. The number of hydrogen-bond acceptors (Lipinski definition) is 3. The summed E-state index contributed by atoms with van der Waals surface area (Å²) in [7, 11) is 0. The van der Waals surface area contributed by atoms with Crippen LogP contribution in [-0.4, -0.2) is 36.8 Å². The summed E-state index contributed by atoms with van der Waals surface area (Å²) in [6.45, 7) is 5.32. The minimum Gasteiger partial charge on any atom is -0.381 e. The Kier molecular flexibility index (Phi) is 6.16. The van der Waals surface area contributed by atoms with E-state index in [4.69, 9.17) is 4.74 Å². The molecule has 1 unspecified atom stereocenters. The molecule has 0 radical (unpaired) electrons. The Morgan fingerprint density at radius 2 is 1.88 bits per heavy atom. The van der Waals surface area contributed by atoms with Gasteiger partial charge in [0.25, 0.3) is 0 Å². The summed E-state index contributed by atoms with van der Waals surface area (Å²) in [5.41, 5.74) is 0. The van der Waals surface area contributed by atoms with Crippen molar-refractivity contribution >= 4 is 11.8 Å². The van der Waals surface area contributed by atoms with Crippen molar-refractivity contribution in [1.29, 1.82) is 0 Å². The average Bonchev–Trinajstić information content (AvgIpc) is 2.89. The second kappa shape index (κ2) is 7.65. The molecule has 0 amide bonds. The van der Waals surface area contributed by atoms with Crippen LogP contribution in [-0.2, 0) is 4.74 Å². The topological polar surface area (TPSA) is 21.3 Å². The predicted molar refractivity (Wildman–Crippen MR) is 75.7 cm³/mol. The van der Waals surface area contributed by atoms with Gasteiger partial charge in [0.15, 0.2) is 0 Å². The number of ether oxygens (including phenoxy) is 1. The SMILES string of the molecule is CCNC(CSC1CCOCC1)C1CCCC1. The Bertz CT molecular complexity index is 200. The molecule has 1 saturated heterocycles. The van der Waals surface area contributed by atoms with Crippen LogP contribution in [0.5, 0.6) is 0 Å². The van der Waals surface area contributed by atoms with Gasteiger partial charge in [-0.15, -0.1) is 0 Å². The molecule has 1 aliphatic heterocycles. The lowest BCUT2D eigenvalue weighted by atomic mass is 10.00. The average molecular weight is 257 g/mol. The molecular weight excluding hydrogens is 230 g/mol. The van der Waals surface area contributed by atoms with Crippen LogP contribution in [0.15, 0.2) is 0 Å². The van der Waals surface area contributed by atoms with Gasteiger partial charge >= 0.3 is 0 Å². The highest BCUT2D eigenvalue weighted by molar-refractivity contribution is 7.99. The van der Waals surface area contributed by atoms with Gasteiger partial charge in [0.2, 0.25) is 0 Å². The summed E-state index contributed by atoms with van der Waals surface area (Å²) in [6.07, 6.45) is 8.32. The van der Waals surface area contributed by atoms with Gasteiger partial charge in [-0.2, -0.15) is 11.8 Å². The minimum atomic E-state index is 0.760. The van der Waals surface area contributed by atoms with Gasteiger partial charge in [0.1, 0.15) is 0 Å². The maximum absolute atomic E-state index is 5.42. The fourth-order valence-electron chi connectivity index (χ4n) is 3.07. The van der Waals surface area contributed by atoms with Crippen molar-refractivity contribution in [1.82, 2.24) is 5.32 Å². The Morgan fingerprint density at radius 3 is 2.53 bits per heavy atom. The van der Waals surface area contributed by atoms with E-state index < -0.39 is 0 Å². The summed E-state index contributed by atoms with van der Waals surface area (Å²) in [5, 5.41) is 4.57. The van der Waals surface area contributed by atoms with Crippen molar-refractivity contribution in [3.05, 3.63) is 0 Å². The van der Waals surface area contributed by atoms with Crippen molar-refractivity contribution in [3.8, 4) is 0 Å². The van der Waals surface area contributed by atoms with Gasteiger partial charge in [0.05, 0.1) is 0 Å². The lowest BCUT2D eigenvalue weighted by Crippen LogP contribution is -2.38. The monoisotopic (exact) mass is 257 g/mol. The third-order valence-electron chi connectivity index (χ3n) is 4.11. The molecule has 2 rings (SSSR count). The molecule has 0 aromatic rings. The van der Waals surface area contributed by atoms with Gasteiger partial charge in [-0.05, 0) is 38.1 Å². The van der Waals surface area contributed by atoms with Gasteiger partial charge < -0.3 is 10.1 Å². The highest BCUT2D eigenvalue weighted by Crippen LogP contribution is 2.31. The standard InChI is InChI=1S/C14H27NOS/c1-2-15-14(12-5-3-4-6-12)11-17-13-7-9-16-10-8-13/h12-15H,2-11H2,1H3. The van der Waals surface area contributed by atoms with E-state index >= 15 is 0 Å². The van der Waals surface area contributed by atoms with Crippen molar-refractivity contribution in [2.45, 2.75) is 56.7 Å². The van der Waals surface area contributed by atoms with Crippen LogP contribution in [0.2, 0.25) is 0 Å². The molecule has 1 heterocycles. The van der Waals surface area contributed by atoms with Crippen LogP contribution >= 0.6 is 11.8 Å². The van der Waals surface area contributed by atoms with E-state index in [-0.39, 0.29) is 0 Å². The van der Waals surface area contributed by atoms with Crippen molar-refractivity contribution in [3.63, 3.8) is 0 Å². The van der Waals surface area contributed by atoms with Gasteiger partial charge in [0, 0.05) is 30.3 Å². The summed E-state index contributed by atoms with van der Waals surface area (Å²) in [6, 6.07) is 0.760. The first-order valence-corrected chi connectivity index (χ1v) is 8.37. The Morgan fingerprint density at radius 1 is 1.18 bits per heavy atom. The molecule has 3 heteroatoms. The zero-order valence-corrected chi connectivity index (χ0v) is 11.9. The molecular formula is C14H27NOS. The molecule has 1 N–H and O–H groups in total. The minimum absolute atomic E-state index is 0.760. The zero-order valence-electron chi connectivity index (χ0n) is 11.1. The van der Waals surface area contributed by atoms with Gasteiger partial charge in [-0.25, -0.2) is 0 Å². The number of thioether (sulfide) groups is 1. The fourth-order valence-corrected chi connectivity index (χ4v) is 4.46. The smallest absolute Gasteiger partial charge is 0.0476 e. The largest absolute Gasteiger partial charge is 0.381 e. The predicted octanol–water partition coefficient (Wildman–Crippen LogP) is 3.07. The van der Waals surface area contributed by atoms with Crippen LogP contribution in [0.4, 0.5) is 0 Å². The normalized spacial score (nSPS) is 25.2. The summed E-state index contributed by atoms with van der Waals surface area (Å²) in [5.74, 6) is 2.26. The quantitative estimate of drug-likeness (QED) is 0.790. The van der Waals surface area contributed by atoms with E-state index in [0.717, 1.165) is 37.0 Å². The van der Waals surface area contributed by atoms with Crippen LogP contribution in [0.1, 0.15) is 45.4 Å². The van der Waals surface area contributed by atoms with Crippen LogP contribution in [0.3, 0.4) is 0 Å². The van der Waals surface area contributed by atoms with Crippen LogP contribution < -0.4 is 5.32 Å². The Balaban J connectivity index is 1.72. The van der Waals surface area contributed by atoms with E-state index in [1.165, 1.54) is 44.3 Å². The first-order valence-electron chi connectivity index (χ1n) is 7.33. The van der Waals surface area contributed by atoms with Gasteiger partial charge in [-0.3, -0.25) is 0 Å². The molecule has 0 aromatic heterocycles. The summed E-state index contributed by atoms with van der Waals surface area (Å²) in [4.78, 5) is 0. The first kappa shape index (κ1) is 13.7. The molecule has 100 valence electrons. The molecule has 2 nitrogen and oxygen atoms in total. The lowest BCUT2D eigenvalue weighted by Gasteiger charge is -2.27. The molecule has 1 aliphatic carbocycles. The lowest BCUT2D eigenvalue weighted by molar-refractivity contribution is 0.1000. The molecule has 2 aliphatic rings. The highest BCUT2D eigenvalue weighted by Gasteiger charge is 2.25. The van der Waals surface area contributed by atoms with E-state index in [1.807, 2.05) is 0 Å². The van der Waals surface area contributed by atoms with E-state index in [9.17, 15) is 0 Å². The third kappa shape index (κ3) is 4.46. The van der Waals surface area contributed by atoms with Crippen molar-refractivity contribution in [2.75, 3.05) is 25.5 Å². The molecule has 0 aromatic carbocycles. The molecule has 17 heavy (non-hydrogen) atoms. The maximum atomic E-state index is 5.42. The zero-order chi connectivity index (χ0) is 11.9. The van der Waals surface area contributed by atoms with Crippen molar-refractivity contribution < 1.29 is 4.74 Å². The van der Waals surface area contributed by atoms with E-state index in [2.05, 4.69) is 24.0 Å². The van der Waals surface area contributed by atoms with Gasteiger partial charge in [-0.1, -0.05) is 19.8 Å².